The van der Waals surface area contributed by atoms with Gasteiger partial charge in [0.05, 0.1) is 6.61 Å². The predicted molar refractivity (Wildman–Crippen MR) is 95.7 cm³/mol. The van der Waals surface area contributed by atoms with Crippen molar-refractivity contribution < 1.29 is 14.6 Å². The Morgan fingerprint density at radius 1 is 0.773 bits per heavy atom. The summed E-state index contributed by atoms with van der Waals surface area (Å²) in [6.07, 6.45) is 0. The molecule has 0 aliphatic heterocycles. The molecule has 0 amide bonds. The molecule has 0 saturated heterocycles. The van der Waals surface area contributed by atoms with Gasteiger partial charge in [0.2, 0.25) is 0 Å². The number of phenols is 2. The molecule has 0 aliphatic rings. The van der Waals surface area contributed by atoms with E-state index in [-0.39, 0.29) is 20.6 Å². The molecule has 4 heteroatoms. The van der Waals surface area contributed by atoms with Crippen LogP contribution in [0.1, 0.15) is 26.0 Å². The lowest BCUT2D eigenvalue weighted by atomic mass is 10.2. The van der Waals surface area contributed by atoms with Gasteiger partial charge in [-0.15, -0.1) is 0 Å². The van der Waals surface area contributed by atoms with Crippen LogP contribution in [-0.4, -0.2) is 18.5 Å². The maximum atomic E-state index is 9.29. The lowest BCUT2D eigenvalue weighted by Crippen LogP contribution is -2.33. The first-order chi connectivity index (χ1) is 9.44. The van der Waals surface area contributed by atoms with Gasteiger partial charge in [-0.3, -0.25) is 0 Å². The minimum atomic E-state index is -1.80. The zero-order valence-electron chi connectivity index (χ0n) is 11.8. The summed E-state index contributed by atoms with van der Waals surface area (Å²) >= 11 is 0. The molecule has 0 bridgehead atoms. The van der Waals surface area contributed by atoms with Crippen LogP contribution in [-0.2, 0) is 17.1 Å². The van der Waals surface area contributed by atoms with Crippen molar-refractivity contribution in [3.05, 3.63) is 59.7 Å². The van der Waals surface area contributed by atoms with E-state index >= 15 is 0 Å². The zero-order valence-corrected chi connectivity index (χ0v) is 12.8. The van der Waals surface area contributed by atoms with Gasteiger partial charge in [-0.2, -0.15) is 0 Å². The van der Waals surface area contributed by atoms with Crippen LogP contribution >= 0.6 is 0 Å². The summed E-state index contributed by atoms with van der Waals surface area (Å²) in [5.74, 6) is 0.563. The van der Waals surface area contributed by atoms with Crippen molar-refractivity contribution in [2.45, 2.75) is 40.6 Å². The molecule has 0 unspecified atom stereocenters. The molecule has 0 radical (unpaired) electrons. The molecule has 0 heterocycles. The fourth-order valence-electron chi connectivity index (χ4n) is 2.03. The van der Waals surface area contributed by atoms with E-state index in [9.17, 15) is 10.2 Å². The highest BCUT2D eigenvalue weighted by Crippen LogP contribution is 2.18. The second-order valence-corrected chi connectivity index (χ2v) is 9.72. The molecule has 0 atom stereocenters. The highest BCUT2D eigenvalue weighted by molar-refractivity contribution is 6.70. The molecule has 2 aromatic rings. The number of hydrogen-bond acceptors (Lipinski definition) is 3. The smallest absolute Gasteiger partial charge is 0.191 e. The fraction of sp³-hybridized carbons (Fsp3) is 0.333. The van der Waals surface area contributed by atoms with Gasteiger partial charge in [0.1, 0.15) is 11.5 Å². The Balaban J connectivity index is 0.00000220. The van der Waals surface area contributed by atoms with E-state index < -0.39 is 8.32 Å². The SMILES string of the molecule is C.C.C[Si](C)(Cc1ccc(O)cc1)OCc1ccc(O)cc1. The molecule has 0 saturated carbocycles. The van der Waals surface area contributed by atoms with Crippen molar-refractivity contribution in [2.75, 3.05) is 0 Å². The molecule has 0 spiro atoms. The number of aromatic hydroxyl groups is 2. The standard InChI is InChI=1S/C16H20O3Si.2CH4/c1-20(2,12-14-5-9-16(18)10-6-14)19-11-13-3-7-15(17)8-4-13;;/h3-10,17-18H,11-12H2,1-2H3;2*1H4. The van der Waals surface area contributed by atoms with E-state index in [1.54, 1.807) is 24.3 Å². The van der Waals surface area contributed by atoms with Gasteiger partial charge in [-0.1, -0.05) is 39.1 Å². The predicted octanol–water partition coefficient (Wildman–Crippen LogP) is 4.87. The van der Waals surface area contributed by atoms with Crippen LogP contribution in [0.3, 0.4) is 0 Å². The van der Waals surface area contributed by atoms with Gasteiger partial charge >= 0.3 is 0 Å². The number of benzene rings is 2. The first-order valence-electron chi connectivity index (χ1n) is 6.64. The lowest BCUT2D eigenvalue weighted by Gasteiger charge is -2.23. The summed E-state index contributed by atoms with van der Waals surface area (Å²) in [7, 11) is -1.80. The second-order valence-electron chi connectivity index (χ2n) is 5.56. The highest BCUT2D eigenvalue weighted by atomic mass is 28.4. The summed E-state index contributed by atoms with van der Waals surface area (Å²) in [6, 6.07) is 15.3. The minimum absolute atomic E-state index is 0. The van der Waals surface area contributed by atoms with E-state index in [1.165, 1.54) is 5.56 Å². The molecule has 122 valence electrons. The first kappa shape index (κ1) is 20.2. The van der Waals surface area contributed by atoms with Gasteiger partial charge in [-0.05, 0) is 54.5 Å². The molecule has 2 aromatic carbocycles. The lowest BCUT2D eigenvalue weighted by molar-refractivity contribution is 0.294. The summed E-state index contributed by atoms with van der Waals surface area (Å²) in [4.78, 5) is 0. The molecule has 2 rings (SSSR count). The van der Waals surface area contributed by atoms with Crippen LogP contribution in [0.5, 0.6) is 11.5 Å². The molecule has 0 aliphatic carbocycles. The normalized spacial score (nSPS) is 10.5. The summed E-state index contributed by atoms with van der Waals surface area (Å²) in [5.41, 5.74) is 2.25. The van der Waals surface area contributed by atoms with Crippen LogP contribution in [0.2, 0.25) is 13.1 Å². The third-order valence-electron chi connectivity index (χ3n) is 3.13. The minimum Gasteiger partial charge on any atom is -0.508 e. The van der Waals surface area contributed by atoms with Gasteiger partial charge < -0.3 is 14.6 Å². The number of phenolic OH excluding ortho intramolecular Hbond substituents is 2. The molecule has 22 heavy (non-hydrogen) atoms. The topological polar surface area (TPSA) is 49.7 Å². The summed E-state index contributed by atoms with van der Waals surface area (Å²) in [5, 5.41) is 18.5. The maximum Gasteiger partial charge on any atom is 0.191 e. The molecule has 3 nitrogen and oxygen atoms in total. The summed E-state index contributed by atoms with van der Waals surface area (Å²) < 4.78 is 6.08. The van der Waals surface area contributed by atoms with Gasteiger partial charge in [-0.25, -0.2) is 0 Å². The Morgan fingerprint density at radius 3 is 1.64 bits per heavy atom. The Kier molecular flexibility index (Phi) is 7.91. The molecular formula is C18H28O3Si. The van der Waals surface area contributed by atoms with Crippen molar-refractivity contribution in [2.24, 2.45) is 0 Å². The summed E-state index contributed by atoms with van der Waals surface area (Å²) in [6.45, 7) is 4.93. The van der Waals surface area contributed by atoms with E-state index in [2.05, 4.69) is 13.1 Å². The van der Waals surface area contributed by atoms with E-state index in [0.717, 1.165) is 11.6 Å². The van der Waals surface area contributed by atoms with Crippen LogP contribution in [0.15, 0.2) is 48.5 Å². The Bertz CT molecular complexity index is 548. The van der Waals surface area contributed by atoms with Crippen LogP contribution in [0.25, 0.3) is 0 Å². The van der Waals surface area contributed by atoms with Crippen molar-refractivity contribution in [3.8, 4) is 11.5 Å². The Hall–Kier alpha value is -1.78. The average molecular weight is 321 g/mol. The molecule has 0 aromatic heterocycles. The molecular weight excluding hydrogens is 292 g/mol. The van der Waals surface area contributed by atoms with Crippen molar-refractivity contribution >= 4 is 8.32 Å². The van der Waals surface area contributed by atoms with Crippen LogP contribution < -0.4 is 0 Å². The third kappa shape index (κ3) is 6.33. The maximum absolute atomic E-state index is 9.29. The van der Waals surface area contributed by atoms with Crippen molar-refractivity contribution in [1.29, 1.82) is 0 Å². The highest BCUT2D eigenvalue weighted by Gasteiger charge is 2.23. The molecule has 0 fully saturated rings. The second kappa shape index (κ2) is 8.61. The number of rotatable bonds is 5. The van der Waals surface area contributed by atoms with E-state index in [4.69, 9.17) is 4.43 Å². The fourth-order valence-corrected chi connectivity index (χ4v) is 3.91. The quantitative estimate of drug-likeness (QED) is 0.772. The van der Waals surface area contributed by atoms with Crippen molar-refractivity contribution in [3.63, 3.8) is 0 Å². The van der Waals surface area contributed by atoms with Gasteiger partial charge in [0.25, 0.3) is 0 Å². The first-order valence-corrected chi connectivity index (χ1v) is 9.76. The zero-order chi connectivity index (χ0) is 14.6. The number of hydrogen-bond donors (Lipinski definition) is 2. The van der Waals surface area contributed by atoms with E-state index in [0.29, 0.717) is 12.4 Å². The van der Waals surface area contributed by atoms with Gasteiger partial charge in [0, 0.05) is 0 Å². The van der Waals surface area contributed by atoms with Gasteiger partial charge in [0.15, 0.2) is 8.32 Å². The Morgan fingerprint density at radius 2 is 1.18 bits per heavy atom. The van der Waals surface area contributed by atoms with E-state index in [1.807, 2.05) is 24.3 Å². The average Bonchev–Trinajstić information content (AvgIpc) is 2.41. The largest absolute Gasteiger partial charge is 0.508 e. The van der Waals surface area contributed by atoms with Crippen LogP contribution in [0.4, 0.5) is 0 Å². The van der Waals surface area contributed by atoms with Crippen molar-refractivity contribution in [1.82, 2.24) is 0 Å². The Labute approximate surface area is 135 Å². The third-order valence-corrected chi connectivity index (χ3v) is 5.32. The monoisotopic (exact) mass is 320 g/mol. The molecule has 2 N–H and O–H groups in total. The van der Waals surface area contributed by atoms with Crippen LogP contribution in [0, 0.1) is 0 Å².